The second-order valence-corrected chi connectivity index (χ2v) is 6.22. The molecule has 0 heterocycles. The van der Waals surface area contributed by atoms with E-state index >= 15 is 0 Å². The molecule has 0 aliphatic rings. The first-order valence-electron chi connectivity index (χ1n) is 7.19. The zero-order valence-electron chi connectivity index (χ0n) is 13.4. The molecule has 0 saturated carbocycles. The fourth-order valence-electron chi connectivity index (χ4n) is 2.26. The van der Waals surface area contributed by atoms with Gasteiger partial charge in [0, 0.05) is 5.56 Å². The summed E-state index contributed by atoms with van der Waals surface area (Å²) in [5, 5.41) is 0.646. The van der Waals surface area contributed by atoms with Gasteiger partial charge in [-0.2, -0.15) is 0 Å². The van der Waals surface area contributed by atoms with Crippen LogP contribution in [-0.2, 0) is 0 Å². The Kier molecular flexibility index (Phi) is 5.55. The molecule has 0 fully saturated rings. The van der Waals surface area contributed by atoms with Crippen LogP contribution < -0.4 is 9.47 Å². The average Bonchev–Trinajstić information content (AvgIpc) is 2.47. The zero-order valence-corrected chi connectivity index (χ0v) is 15.0. The highest BCUT2D eigenvalue weighted by Gasteiger charge is 2.21. The molecule has 0 aliphatic carbocycles. The number of aryl methyl sites for hydroxylation is 1. The summed E-state index contributed by atoms with van der Waals surface area (Å²) in [5.41, 5.74) is 1.54. The van der Waals surface area contributed by atoms with Gasteiger partial charge in [-0.15, -0.1) is 0 Å². The number of ether oxygens (including phenoxy) is 2. The highest BCUT2D eigenvalue weighted by molar-refractivity contribution is 6.41. The predicted molar refractivity (Wildman–Crippen MR) is 93.4 cm³/mol. The van der Waals surface area contributed by atoms with Crippen molar-refractivity contribution in [2.75, 3.05) is 7.11 Å². The Morgan fingerprint density at radius 3 is 2.22 bits per heavy atom. The Morgan fingerprint density at radius 2 is 1.70 bits per heavy atom. The summed E-state index contributed by atoms with van der Waals surface area (Å²) in [5.74, 6) is 0.854. The maximum Gasteiger partial charge on any atom is 0.196 e. The van der Waals surface area contributed by atoms with E-state index in [9.17, 15) is 4.79 Å². The average molecular weight is 353 g/mol. The SMILES string of the molecule is COc1cc(C)c(C(=O)c2c(Cl)cccc2Cl)cc1OC(C)C. The lowest BCUT2D eigenvalue weighted by atomic mass is 9.98. The van der Waals surface area contributed by atoms with Gasteiger partial charge in [-0.05, 0) is 50.6 Å². The molecule has 0 amide bonds. The van der Waals surface area contributed by atoms with Crippen LogP contribution in [0.25, 0.3) is 0 Å². The molecule has 0 aromatic heterocycles. The largest absolute Gasteiger partial charge is 0.493 e. The van der Waals surface area contributed by atoms with Crippen LogP contribution in [0.3, 0.4) is 0 Å². The van der Waals surface area contributed by atoms with Gasteiger partial charge >= 0.3 is 0 Å². The molecule has 0 spiro atoms. The van der Waals surface area contributed by atoms with Crippen LogP contribution in [0.2, 0.25) is 10.0 Å². The number of benzene rings is 2. The van der Waals surface area contributed by atoms with Crippen LogP contribution >= 0.6 is 23.2 Å². The van der Waals surface area contributed by atoms with Gasteiger partial charge in [0.2, 0.25) is 0 Å². The Balaban J connectivity index is 2.56. The summed E-state index contributed by atoms with van der Waals surface area (Å²) in [4.78, 5) is 12.9. The Morgan fingerprint density at radius 1 is 1.09 bits per heavy atom. The molecular formula is C18H18Cl2O3. The summed E-state index contributed by atoms with van der Waals surface area (Å²) >= 11 is 12.3. The maximum absolute atomic E-state index is 12.9. The number of ketones is 1. The van der Waals surface area contributed by atoms with Gasteiger partial charge in [0.15, 0.2) is 17.3 Å². The van der Waals surface area contributed by atoms with E-state index in [1.165, 1.54) is 0 Å². The van der Waals surface area contributed by atoms with Crippen molar-refractivity contribution >= 4 is 29.0 Å². The summed E-state index contributed by atoms with van der Waals surface area (Å²) in [6, 6.07) is 8.44. The third-order valence-corrected chi connectivity index (χ3v) is 3.94. The monoisotopic (exact) mass is 352 g/mol. The van der Waals surface area contributed by atoms with Crippen molar-refractivity contribution in [3.63, 3.8) is 0 Å². The Labute approximate surface area is 146 Å². The summed E-state index contributed by atoms with van der Waals surface area (Å²) in [6.45, 7) is 5.65. The third-order valence-electron chi connectivity index (χ3n) is 3.31. The van der Waals surface area contributed by atoms with Gasteiger partial charge < -0.3 is 9.47 Å². The number of carbonyl (C=O) groups excluding carboxylic acids is 1. The van der Waals surface area contributed by atoms with Crippen LogP contribution in [0.1, 0.15) is 35.3 Å². The summed E-state index contributed by atoms with van der Waals surface area (Å²) in [7, 11) is 1.56. The highest BCUT2D eigenvalue weighted by atomic mass is 35.5. The number of halogens is 2. The molecular weight excluding hydrogens is 335 g/mol. The van der Waals surface area contributed by atoms with Crippen molar-refractivity contribution in [1.29, 1.82) is 0 Å². The van der Waals surface area contributed by atoms with Gasteiger partial charge in [0.1, 0.15) is 0 Å². The van der Waals surface area contributed by atoms with Crippen molar-refractivity contribution in [2.24, 2.45) is 0 Å². The van der Waals surface area contributed by atoms with Gasteiger partial charge in [0.25, 0.3) is 0 Å². The fourth-order valence-corrected chi connectivity index (χ4v) is 2.83. The topological polar surface area (TPSA) is 35.5 Å². The lowest BCUT2D eigenvalue weighted by Gasteiger charge is -2.16. The molecule has 122 valence electrons. The fraction of sp³-hybridized carbons (Fsp3) is 0.278. The van der Waals surface area contributed by atoms with E-state index in [0.29, 0.717) is 32.7 Å². The van der Waals surface area contributed by atoms with Crippen LogP contribution in [0.5, 0.6) is 11.5 Å². The van der Waals surface area contributed by atoms with Crippen LogP contribution in [-0.4, -0.2) is 19.0 Å². The molecule has 2 aromatic carbocycles. The van der Waals surface area contributed by atoms with E-state index in [1.54, 1.807) is 37.4 Å². The molecule has 0 bridgehead atoms. The number of rotatable bonds is 5. The predicted octanol–water partition coefficient (Wildman–Crippen LogP) is 5.33. The highest BCUT2D eigenvalue weighted by Crippen LogP contribution is 2.34. The quantitative estimate of drug-likeness (QED) is 0.682. The minimum absolute atomic E-state index is 0.0431. The van der Waals surface area contributed by atoms with Crippen molar-refractivity contribution in [1.82, 2.24) is 0 Å². The van der Waals surface area contributed by atoms with E-state index in [4.69, 9.17) is 32.7 Å². The van der Waals surface area contributed by atoms with E-state index in [1.807, 2.05) is 20.8 Å². The number of methoxy groups -OCH3 is 1. The van der Waals surface area contributed by atoms with Gasteiger partial charge in [-0.25, -0.2) is 0 Å². The van der Waals surface area contributed by atoms with E-state index in [-0.39, 0.29) is 11.9 Å². The van der Waals surface area contributed by atoms with E-state index < -0.39 is 0 Å². The maximum atomic E-state index is 12.9. The first kappa shape index (κ1) is 17.6. The van der Waals surface area contributed by atoms with E-state index in [2.05, 4.69) is 0 Å². The van der Waals surface area contributed by atoms with Crippen LogP contribution in [0.4, 0.5) is 0 Å². The molecule has 2 aromatic rings. The molecule has 2 rings (SSSR count). The lowest BCUT2D eigenvalue weighted by Crippen LogP contribution is -2.10. The molecule has 0 unspecified atom stereocenters. The third kappa shape index (κ3) is 3.80. The van der Waals surface area contributed by atoms with Gasteiger partial charge in [0.05, 0.1) is 28.8 Å². The summed E-state index contributed by atoms with van der Waals surface area (Å²) in [6.07, 6.45) is -0.0431. The second kappa shape index (κ2) is 7.24. The van der Waals surface area contributed by atoms with Crippen molar-refractivity contribution < 1.29 is 14.3 Å². The minimum atomic E-state index is -0.241. The second-order valence-electron chi connectivity index (χ2n) is 5.41. The Bertz CT molecular complexity index is 719. The minimum Gasteiger partial charge on any atom is -0.493 e. The van der Waals surface area contributed by atoms with Crippen LogP contribution in [0, 0.1) is 6.92 Å². The molecule has 0 radical (unpaired) electrons. The van der Waals surface area contributed by atoms with Crippen LogP contribution in [0.15, 0.2) is 30.3 Å². The van der Waals surface area contributed by atoms with Crippen molar-refractivity contribution in [3.8, 4) is 11.5 Å². The van der Waals surface area contributed by atoms with Gasteiger partial charge in [-0.3, -0.25) is 4.79 Å². The van der Waals surface area contributed by atoms with Gasteiger partial charge in [-0.1, -0.05) is 29.3 Å². The molecule has 23 heavy (non-hydrogen) atoms. The molecule has 0 saturated heterocycles. The lowest BCUT2D eigenvalue weighted by molar-refractivity contribution is 0.103. The first-order valence-corrected chi connectivity index (χ1v) is 7.94. The number of hydrogen-bond donors (Lipinski definition) is 0. The normalized spacial score (nSPS) is 10.7. The molecule has 5 heteroatoms. The molecule has 0 atom stereocenters. The zero-order chi connectivity index (χ0) is 17.1. The standard InChI is InChI=1S/C18H18Cl2O3/c1-10(2)23-16-9-12(11(3)8-15(16)22-4)18(21)17-13(19)6-5-7-14(17)20/h5-10H,1-4H3. The summed E-state index contributed by atoms with van der Waals surface area (Å²) < 4.78 is 11.1. The van der Waals surface area contributed by atoms with Crippen molar-refractivity contribution in [2.45, 2.75) is 26.9 Å². The Hall–Kier alpha value is -1.71. The van der Waals surface area contributed by atoms with E-state index in [0.717, 1.165) is 5.56 Å². The number of hydrogen-bond acceptors (Lipinski definition) is 3. The molecule has 0 aliphatic heterocycles. The molecule has 3 nitrogen and oxygen atoms in total. The first-order chi connectivity index (χ1) is 10.8. The smallest absolute Gasteiger partial charge is 0.196 e. The van der Waals surface area contributed by atoms with Crippen molar-refractivity contribution in [3.05, 3.63) is 57.1 Å². The molecule has 0 N–H and O–H groups in total. The number of carbonyl (C=O) groups is 1.